The summed E-state index contributed by atoms with van der Waals surface area (Å²) in [6.45, 7) is 6.71. The summed E-state index contributed by atoms with van der Waals surface area (Å²) in [4.78, 5) is 0. The standard InChI is InChI=1S/C14H23NO2/c1-4-15-12(2)13-6-8-14(9-7-13)17-11-5-10-16-3/h6-9,12,15H,4-5,10-11H2,1-3H3. The molecule has 0 radical (unpaired) electrons. The van der Waals surface area contributed by atoms with Gasteiger partial charge in [-0.1, -0.05) is 19.1 Å². The molecule has 0 aromatic heterocycles. The molecule has 0 heterocycles. The van der Waals surface area contributed by atoms with E-state index in [4.69, 9.17) is 9.47 Å². The minimum atomic E-state index is 0.391. The van der Waals surface area contributed by atoms with Gasteiger partial charge in [0.2, 0.25) is 0 Å². The molecule has 1 unspecified atom stereocenters. The first kappa shape index (κ1) is 14.0. The fraction of sp³-hybridized carbons (Fsp3) is 0.571. The van der Waals surface area contributed by atoms with Crippen LogP contribution in [0, 0.1) is 0 Å². The van der Waals surface area contributed by atoms with Gasteiger partial charge in [0.05, 0.1) is 6.61 Å². The molecule has 0 amide bonds. The van der Waals surface area contributed by atoms with Gasteiger partial charge in [0, 0.05) is 26.2 Å². The second-order valence-electron chi connectivity index (χ2n) is 4.04. The van der Waals surface area contributed by atoms with E-state index < -0.39 is 0 Å². The van der Waals surface area contributed by atoms with Crippen LogP contribution >= 0.6 is 0 Å². The summed E-state index contributed by atoms with van der Waals surface area (Å²) >= 11 is 0. The highest BCUT2D eigenvalue weighted by Gasteiger charge is 2.03. The number of hydrogen-bond acceptors (Lipinski definition) is 3. The van der Waals surface area contributed by atoms with Crippen LogP contribution in [0.1, 0.15) is 31.9 Å². The minimum Gasteiger partial charge on any atom is -0.494 e. The molecule has 3 heteroatoms. The second kappa shape index (κ2) is 8.09. The molecule has 0 spiro atoms. The van der Waals surface area contributed by atoms with Gasteiger partial charge in [0.1, 0.15) is 5.75 Å². The summed E-state index contributed by atoms with van der Waals surface area (Å²) in [5.41, 5.74) is 1.29. The van der Waals surface area contributed by atoms with E-state index >= 15 is 0 Å². The van der Waals surface area contributed by atoms with Gasteiger partial charge in [-0.05, 0) is 31.2 Å². The highest BCUT2D eigenvalue weighted by Crippen LogP contribution is 2.17. The largest absolute Gasteiger partial charge is 0.494 e. The molecule has 17 heavy (non-hydrogen) atoms. The Morgan fingerprint density at radius 3 is 2.47 bits per heavy atom. The molecular formula is C14H23NO2. The van der Waals surface area contributed by atoms with Crippen LogP contribution in [0.25, 0.3) is 0 Å². The van der Waals surface area contributed by atoms with E-state index in [0.717, 1.165) is 25.3 Å². The summed E-state index contributed by atoms with van der Waals surface area (Å²) in [5, 5.41) is 3.38. The van der Waals surface area contributed by atoms with Crippen molar-refractivity contribution in [1.82, 2.24) is 5.32 Å². The number of methoxy groups -OCH3 is 1. The highest BCUT2D eigenvalue weighted by atomic mass is 16.5. The van der Waals surface area contributed by atoms with Gasteiger partial charge < -0.3 is 14.8 Å². The molecule has 1 N–H and O–H groups in total. The van der Waals surface area contributed by atoms with Gasteiger partial charge in [-0.15, -0.1) is 0 Å². The van der Waals surface area contributed by atoms with Crippen LogP contribution in [-0.2, 0) is 4.74 Å². The van der Waals surface area contributed by atoms with Gasteiger partial charge in [0.25, 0.3) is 0 Å². The van der Waals surface area contributed by atoms with Crippen LogP contribution in [0.2, 0.25) is 0 Å². The van der Waals surface area contributed by atoms with E-state index in [9.17, 15) is 0 Å². The van der Waals surface area contributed by atoms with E-state index in [0.29, 0.717) is 12.6 Å². The van der Waals surface area contributed by atoms with Crippen molar-refractivity contribution in [2.75, 3.05) is 26.9 Å². The van der Waals surface area contributed by atoms with E-state index in [-0.39, 0.29) is 0 Å². The average Bonchev–Trinajstić information content (AvgIpc) is 2.36. The Bertz CT molecular complexity index is 298. The Morgan fingerprint density at radius 2 is 1.88 bits per heavy atom. The SMILES string of the molecule is CCNC(C)c1ccc(OCCCOC)cc1. The quantitative estimate of drug-likeness (QED) is 0.705. The number of hydrogen-bond donors (Lipinski definition) is 1. The zero-order valence-corrected chi connectivity index (χ0v) is 11.0. The second-order valence-corrected chi connectivity index (χ2v) is 4.04. The normalized spacial score (nSPS) is 12.4. The maximum Gasteiger partial charge on any atom is 0.119 e. The third-order valence-corrected chi connectivity index (χ3v) is 2.65. The Balaban J connectivity index is 2.39. The Labute approximate surface area is 104 Å². The van der Waals surface area contributed by atoms with Crippen molar-refractivity contribution in [3.8, 4) is 5.75 Å². The van der Waals surface area contributed by atoms with Gasteiger partial charge >= 0.3 is 0 Å². The van der Waals surface area contributed by atoms with E-state index in [2.05, 4.69) is 31.3 Å². The lowest BCUT2D eigenvalue weighted by atomic mass is 10.1. The van der Waals surface area contributed by atoms with Gasteiger partial charge in [-0.2, -0.15) is 0 Å². The molecule has 0 aliphatic heterocycles. The van der Waals surface area contributed by atoms with Crippen molar-refractivity contribution in [2.45, 2.75) is 26.3 Å². The molecule has 96 valence electrons. The van der Waals surface area contributed by atoms with Crippen LogP contribution in [0.3, 0.4) is 0 Å². The molecule has 1 aromatic rings. The number of benzene rings is 1. The molecule has 3 nitrogen and oxygen atoms in total. The Morgan fingerprint density at radius 1 is 1.18 bits per heavy atom. The van der Waals surface area contributed by atoms with Crippen LogP contribution < -0.4 is 10.1 Å². The van der Waals surface area contributed by atoms with E-state index in [1.54, 1.807) is 7.11 Å². The lowest BCUT2D eigenvalue weighted by molar-refractivity contribution is 0.172. The monoisotopic (exact) mass is 237 g/mol. The molecule has 0 saturated heterocycles. The van der Waals surface area contributed by atoms with Gasteiger partial charge in [0.15, 0.2) is 0 Å². The predicted molar refractivity (Wildman–Crippen MR) is 70.5 cm³/mol. The van der Waals surface area contributed by atoms with Crippen molar-refractivity contribution in [3.05, 3.63) is 29.8 Å². The summed E-state index contributed by atoms with van der Waals surface area (Å²) in [6, 6.07) is 8.66. The third kappa shape index (κ3) is 5.20. The lowest BCUT2D eigenvalue weighted by Gasteiger charge is -2.13. The third-order valence-electron chi connectivity index (χ3n) is 2.65. The van der Waals surface area contributed by atoms with Crippen molar-refractivity contribution >= 4 is 0 Å². The minimum absolute atomic E-state index is 0.391. The maximum atomic E-state index is 5.60. The predicted octanol–water partition coefficient (Wildman–Crippen LogP) is 2.77. The van der Waals surface area contributed by atoms with Crippen LogP contribution in [-0.4, -0.2) is 26.9 Å². The number of rotatable bonds is 8. The molecular weight excluding hydrogens is 214 g/mol. The first-order chi connectivity index (χ1) is 8.27. The zero-order chi connectivity index (χ0) is 12.5. The maximum absolute atomic E-state index is 5.60. The van der Waals surface area contributed by atoms with Crippen LogP contribution in [0.4, 0.5) is 0 Å². The van der Waals surface area contributed by atoms with Crippen molar-refractivity contribution in [2.24, 2.45) is 0 Å². The fourth-order valence-electron chi connectivity index (χ4n) is 1.67. The topological polar surface area (TPSA) is 30.5 Å². The number of ether oxygens (including phenoxy) is 2. The van der Waals surface area contributed by atoms with Crippen LogP contribution in [0.5, 0.6) is 5.75 Å². The van der Waals surface area contributed by atoms with E-state index in [1.807, 2.05) is 12.1 Å². The molecule has 0 fully saturated rings. The Hall–Kier alpha value is -1.06. The molecule has 0 bridgehead atoms. The fourth-order valence-corrected chi connectivity index (χ4v) is 1.67. The van der Waals surface area contributed by atoms with Crippen molar-refractivity contribution in [1.29, 1.82) is 0 Å². The van der Waals surface area contributed by atoms with Gasteiger partial charge in [-0.3, -0.25) is 0 Å². The summed E-state index contributed by atoms with van der Waals surface area (Å²) in [7, 11) is 1.71. The Kier molecular flexibility index (Phi) is 6.67. The van der Waals surface area contributed by atoms with Crippen molar-refractivity contribution < 1.29 is 9.47 Å². The molecule has 1 aromatic carbocycles. The summed E-state index contributed by atoms with van der Waals surface area (Å²) in [5.74, 6) is 0.925. The molecule has 1 rings (SSSR count). The summed E-state index contributed by atoms with van der Waals surface area (Å²) < 4.78 is 10.6. The summed E-state index contributed by atoms with van der Waals surface area (Å²) in [6.07, 6.45) is 0.923. The van der Waals surface area contributed by atoms with E-state index in [1.165, 1.54) is 5.56 Å². The molecule has 0 aliphatic rings. The smallest absolute Gasteiger partial charge is 0.119 e. The average molecular weight is 237 g/mol. The first-order valence-corrected chi connectivity index (χ1v) is 6.23. The lowest BCUT2D eigenvalue weighted by Crippen LogP contribution is -2.17. The molecule has 0 aliphatic carbocycles. The number of nitrogens with one attached hydrogen (secondary N) is 1. The van der Waals surface area contributed by atoms with Crippen LogP contribution in [0.15, 0.2) is 24.3 Å². The molecule has 0 saturated carbocycles. The van der Waals surface area contributed by atoms with Crippen molar-refractivity contribution in [3.63, 3.8) is 0 Å². The first-order valence-electron chi connectivity index (χ1n) is 6.23. The zero-order valence-electron chi connectivity index (χ0n) is 11.0. The highest BCUT2D eigenvalue weighted by molar-refractivity contribution is 5.28. The molecule has 1 atom stereocenters. The van der Waals surface area contributed by atoms with Gasteiger partial charge in [-0.25, -0.2) is 0 Å².